The molecular formula is C19H34N4O2. The van der Waals surface area contributed by atoms with Crippen LogP contribution in [0.3, 0.4) is 0 Å². The number of hydrogen-bond acceptors (Lipinski definition) is 4. The number of amides is 2. The number of allylic oxidation sites excluding steroid dienone is 2. The number of carbonyl (C=O) groups excluding carboxylic acids is 2. The highest BCUT2D eigenvalue weighted by molar-refractivity contribution is 5.89. The number of unbranched alkanes of at least 4 members (excludes halogenated alkanes) is 6. The summed E-state index contributed by atoms with van der Waals surface area (Å²) in [6, 6.07) is 0.104. The minimum absolute atomic E-state index is 0.0521. The van der Waals surface area contributed by atoms with E-state index >= 15 is 0 Å². The van der Waals surface area contributed by atoms with Gasteiger partial charge in [-0.25, -0.2) is 0 Å². The maximum absolute atomic E-state index is 11.8. The van der Waals surface area contributed by atoms with Crippen LogP contribution in [0.15, 0.2) is 24.3 Å². The van der Waals surface area contributed by atoms with Gasteiger partial charge >= 0.3 is 0 Å². The van der Waals surface area contributed by atoms with Gasteiger partial charge in [0, 0.05) is 0 Å². The van der Waals surface area contributed by atoms with Gasteiger partial charge in [-0.15, -0.1) is 0 Å². The number of hydrogen-bond donors (Lipinski definition) is 4. The van der Waals surface area contributed by atoms with Gasteiger partial charge in [-0.2, -0.15) is 0 Å². The van der Waals surface area contributed by atoms with Crippen molar-refractivity contribution < 1.29 is 9.59 Å². The summed E-state index contributed by atoms with van der Waals surface area (Å²) in [5, 5.41) is 5.81. The maximum Gasteiger partial charge on any atom is 0.243 e. The second kappa shape index (κ2) is 13.6. The summed E-state index contributed by atoms with van der Waals surface area (Å²) in [6.45, 7) is 1.45. The molecule has 1 aliphatic carbocycles. The second-order valence-electron chi connectivity index (χ2n) is 6.55. The molecule has 6 N–H and O–H groups in total. The number of rotatable bonds is 14. The molecule has 2 atom stereocenters. The molecule has 6 heteroatoms. The van der Waals surface area contributed by atoms with E-state index in [1.54, 1.807) is 12.2 Å². The first-order chi connectivity index (χ1) is 12.2. The van der Waals surface area contributed by atoms with Crippen LogP contribution in [0.2, 0.25) is 0 Å². The van der Waals surface area contributed by atoms with Crippen molar-refractivity contribution in [2.45, 2.75) is 69.9 Å². The molecule has 2 amide bonds. The lowest BCUT2D eigenvalue weighted by atomic mass is 10.2. The molecule has 0 heterocycles. The summed E-state index contributed by atoms with van der Waals surface area (Å²) in [5.41, 5.74) is 10.9. The van der Waals surface area contributed by atoms with E-state index in [-0.39, 0.29) is 23.9 Å². The van der Waals surface area contributed by atoms with Gasteiger partial charge in [0.25, 0.3) is 0 Å². The zero-order chi connectivity index (χ0) is 18.3. The smallest absolute Gasteiger partial charge is 0.243 e. The van der Waals surface area contributed by atoms with E-state index in [1.165, 1.54) is 0 Å². The summed E-state index contributed by atoms with van der Waals surface area (Å²) >= 11 is 0. The first-order valence-electron chi connectivity index (χ1n) is 9.51. The molecule has 1 unspecified atom stereocenters. The SMILES string of the molecule is NCCCCC/C=C/C(=O)NC1C[C@H]1NC(=O)/C=C/CCCCCN. The molecular weight excluding hydrogens is 316 g/mol. The zero-order valence-corrected chi connectivity index (χ0v) is 15.2. The highest BCUT2D eigenvalue weighted by atomic mass is 16.2. The quantitative estimate of drug-likeness (QED) is 0.281. The predicted octanol–water partition coefficient (Wildman–Crippen LogP) is 1.51. The van der Waals surface area contributed by atoms with E-state index in [4.69, 9.17) is 11.5 Å². The van der Waals surface area contributed by atoms with Crippen LogP contribution >= 0.6 is 0 Å². The third-order valence-electron chi connectivity index (χ3n) is 4.13. The summed E-state index contributed by atoms with van der Waals surface area (Å²) in [7, 11) is 0. The van der Waals surface area contributed by atoms with Crippen molar-refractivity contribution in [1.29, 1.82) is 0 Å². The van der Waals surface area contributed by atoms with Crippen molar-refractivity contribution in [3.8, 4) is 0 Å². The molecule has 0 aromatic carbocycles. The Morgan fingerprint density at radius 1 is 0.760 bits per heavy atom. The van der Waals surface area contributed by atoms with Crippen LogP contribution in [0.4, 0.5) is 0 Å². The normalized spacial score (nSPS) is 19.4. The van der Waals surface area contributed by atoms with Crippen molar-refractivity contribution >= 4 is 11.8 Å². The highest BCUT2D eigenvalue weighted by Crippen LogP contribution is 2.21. The highest BCUT2D eigenvalue weighted by Gasteiger charge is 2.38. The molecule has 0 spiro atoms. The number of nitrogens with two attached hydrogens (primary N) is 2. The standard InChI is InChI=1S/C19H34N4O2/c20-13-9-5-1-3-7-11-18(24)22-16-15-17(16)23-19(25)12-8-4-2-6-10-14-21/h7-8,11-12,16-17H,1-6,9-10,13-15,20-21H2,(H,22,24)(H,23,25)/b11-7+,12-8+/t16-,17?/m1/s1. The lowest BCUT2D eigenvalue weighted by molar-refractivity contribution is -0.118. The van der Waals surface area contributed by atoms with E-state index in [0.717, 1.165) is 70.9 Å². The maximum atomic E-state index is 11.8. The molecule has 25 heavy (non-hydrogen) atoms. The van der Waals surface area contributed by atoms with E-state index in [2.05, 4.69) is 10.6 Å². The first-order valence-corrected chi connectivity index (χ1v) is 9.51. The van der Waals surface area contributed by atoms with Gasteiger partial charge < -0.3 is 22.1 Å². The number of carbonyl (C=O) groups is 2. The Hall–Kier alpha value is -1.66. The fourth-order valence-corrected chi connectivity index (χ4v) is 2.52. The third-order valence-corrected chi connectivity index (χ3v) is 4.13. The minimum atomic E-state index is -0.0870. The Kier molecular flexibility index (Phi) is 11.6. The predicted molar refractivity (Wildman–Crippen MR) is 102 cm³/mol. The lowest BCUT2D eigenvalue weighted by Crippen LogP contribution is -2.33. The summed E-state index contributed by atoms with van der Waals surface area (Å²) in [5.74, 6) is -0.174. The largest absolute Gasteiger partial charge is 0.348 e. The Morgan fingerprint density at radius 3 is 1.60 bits per heavy atom. The van der Waals surface area contributed by atoms with Crippen molar-refractivity contribution in [2.24, 2.45) is 11.5 Å². The van der Waals surface area contributed by atoms with Gasteiger partial charge in [0.1, 0.15) is 0 Å². The summed E-state index contributed by atoms with van der Waals surface area (Å²) in [6.07, 6.45) is 15.9. The van der Waals surface area contributed by atoms with Gasteiger partial charge in [-0.05, 0) is 70.2 Å². The van der Waals surface area contributed by atoms with E-state index in [1.807, 2.05) is 12.2 Å². The fourth-order valence-electron chi connectivity index (χ4n) is 2.52. The molecule has 0 aromatic heterocycles. The fraction of sp³-hybridized carbons (Fsp3) is 0.684. The van der Waals surface area contributed by atoms with E-state index in [9.17, 15) is 9.59 Å². The monoisotopic (exact) mass is 350 g/mol. The van der Waals surface area contributed by atoms with Crippen LogP contribution in [0.1, 0.15) is 57.8 Å². The molecule has 0 saturated heterocycles. The van der Waals surface area contributed by atoms with Crippen molar-refractivity contribution in [1.82, 2.24) is 10.6 Å². The second-order valence-corrected chi connectivity index (χ2v) is 6.55. The van der Waals surface area contributed by atoms with Crippen LogP contribution in [0, 0.1) is 0 Å². The Labute approximate surface area is 151 Å². The van der Waals surface area contributed by atoms with Gasteiger partial charge in [0.15, 0.2) is 0 Å². The molecule has 1 rings (SSSR count). The van der Waals surface area contributed by atoms with E-state index < -0.39 is 0 Å². The molecule has 1 saturated carbocycles. The Morgan fingerprint density at radius 2 is 1.20 bits per heavy atom. The zero-order valence-electron chi connectivity index (χ0n) is 15.2. The first kappa shape index (κ1) is 21.4. The molecule has 0 radical (unpaired) electrons. The molecule has 0 bridgehead atoms. The summed E-state index contributed by atoms with van der Waals surface area (Å²) in [4.78, 5) is 23.5. The summed E-state index contributed by atoms with van der Waals surface area (Å²) < 4.78 is 0. The molecule has 1 aliphatic rings. The Bertz CT molecular complexity index is 409. The number of nitrogens with one attached hydrogen (secondary N) is 2. The van der Waals surface area contributed by atoms with Gasteiger partial charge in [0.05, 0.1) is 12.1 Å². The molecule has 0 aromatic rings. The van der Waals surface area contributed by atoms with Gasteiger partial charge in [-0.1, -0.05) is 25.0 Å². The van der Waals surface area contributed by atoms with Crippen LogP contribution in [0.5, 0.6) is 0 Å². The molecule has 1 fully saturated rings. The minimum Gasteiger partial charge on any atom is -0.348 e. The average molecular weight is 351 g/mol. The van der Waals surface area contributed by atoms with Crippen molar-refractivity contribution in [3.63, 3.8) is 0 Å². The molecule has 0 aliphatic heterocycles. The van der Waals surface area contributed by atoms with Crippen LogP contribution in [-0.2, 0) is 9.59 Å². The topological polar surface area (TPSA) is 110 Å². The Balaban J connectivity index is 2.06. The van der Waals surface area contributed by atoms with Crippen LogP contribution in [0.25, 0.3) is 0 Å². The van der Waals surface area contributed by atoms with Crippen molar-refractivity contribution in [3.05, 3.63) is 24.3 Å². The van der Waals surface area contributed by atoms with Crippen LogP contribution < -0.4 is 22.1 Å². The van der Waals surface area contributed by atoms with Gasteiger partial charge in [0.2, 0.25) is 11.8 Å². The van der Waals surface area contributed by atoms with Crippen LogP contribution in [-0.4, -0.2) is 37.0 Å². The van der Waals surface area contributed by atoms with Crippen molar-refractivity contribution in [2.75, 3.05) is 13.1 Å². The molecule has 6 nitrogen and oxygen atoms in total. The van der Waals surface area contributed by atoms with Gasteiger partial charge in [-0.3, -0.25) is 9.59 Å². The molecule has 142 valence electrons. The van der Waals surface area contributed by atoms with E-state index in [0.29, 0.717) is 0 Å². The third kappa shape index (κ3) is 11.5. The average Bonchev–Trinajstić information content (AvgIpc) is 3.31. The lowest BCUT2D eigenvalue weighted by Gasteiger charge is -2.02.